The van der Waals surface area contributed by atoms with Gasteiger partial charge in [0.1, 0.15) is 5.82 Å². The molecule has 0 atom stereocenters. The van der Waals surface area contributed by atoms with Crippen LogP contribution in [0.3, 0.4) is 0 Å². The van der Waals surface area contributed by atoms with Crippen LogP contribution in [0.5, 0.6) is 0 Å². The summed E-state index contributed by atoms with van der Waals surface area (Å²) in [4.78, 5) is 13.7. The monoisotopic (exact) mass is 293 g/mol. The summed E-state index contributed by atoms with van der Waals surface area (Å²) in [6.45, 7) is 4.06. The van der Waals surface area contributed by atoms with Gasteiger partial charge in [-0.15, -0.1) is 0 Å². The van der Waals surface area contributed by atoms with Crippen molar-refractivity contribution in [3.05, 3.63) is 35.6 Å². The number of halogens is 1. The summed E-state index contributed by atoms with van der Waals surface area (Å²) in [5.74, 6) is -0.186. The highest BCUT2D eigenvalue weighted by molar-refractivity contribution is 5.74. The SMILES string of the molecule is O=C(NCCCCCc1ccc(F)cc1)N1CCNCC1. The molecule has 1 heterocycles. The first-order valence-electron chi connectivity index (χ1n) is 7.73. The molecule has 1 fully saturated rings. The van der Waals surface area contributed by atoms with Crippen molar-refractivity contribution in [2.45, 2.75) is 25.7 Å². The fourth-order valence-corrected chi connectivity index (χ4v) is 2.46. The van der Waals surface area contributed by atoms with E-state index >= 15 is 0 Å². The highest BCUT2D eigenvalue weighted by atomic mass is 19.1. The zero-order valence-corrected chi connectivity index (χ0v) is 12.4. The van der Waals surface area contributed by atoms with Crippen LogP contribution in [-0.4, -0.2) is 43.7 Å². The van der Waals surface area contributed by atoms with Gasteiger partial charge in [0.15, 0.2) is 0 Å². The van der Waals surface area contributed by atoms with Crippen molar-refractivity contribution in [3.8, 4) is 0 Å². The van der Waals surface area contributed by atoms with Crippen molar-refractivity contribution in [2.75, 3.05) is 32.7 Å². The van der Waals surface area contributed by atoms with Crippen molar-refractivity contribution in [3.63, 3.8) is 0 Å². The molecule has 2 amide bonds. The number of aryl methyl sites for hydroxylation is 1. The third-order valence-corrected chi connectivity index (χ3v) is 3.74. The second-order valence-electron chi connectivity index (χ2n) is 5.41. The van der Waals surface area contributed by atoms with Crippen LogP contribution in [0, 0.1) is 5.82 Å². The molecule has 2 N–H and O–H groups in total. The van der Waals surface area contributed by atoms with Crippen molar-refractivity contribution in [2.24, 2.45) is 0 Å². The molecular weight excluding hydrogens is 269 g/mol. The van der Waals surface area contributed by atoms with E-state index in [0.717, 1.165) is 58.4 Å². The van der Waals surface area contributed by atoms with Gasteiger partial charge in [-0.2, -0.15) is 0 Å². The molecule has 0 aromatic heterocycles. The van der Waals surface area contributed by atoms with Crippen LogP contribution >= 0.6 is 0 Å². The Morgan fingerprint density at radius 3 is 2.57 bits per heavy atom. The Balaban J connectivity index is 1.51. The quantitative estimate of drug-likeness (QED) is 0.789. The zero-order valence-electron chi connectivity index (χ0n) is 12.4. The van der Waals surface area contributed by atoms with E-state index in [0.29, 0.717) is 0 Å². The molecule has 1 aromatic rings. The van der Waals surface area contributed by atoms with E-state index in [2.05, 4.69) is 10.6 Å². The van der Waals surface area contributed by atoms with E-state index in [9.17, 15) is 9.18 Å². The number of carbonyl (C=O) groups excluding carboxylic acids is 1. The number of amides is 2. The van der Waals surface area contributed by atoms with Crippen LogP contribution in [0.2, 0.25) is 0 Å². The molecule has 1 saturated heterocycles. The number of urea groups is 1. The van der Waals surface area contributed by atoms with Crippen molar-refractivity contribution < 1.29 is 9.18 Å². The summed E-state index contributed by atoms with van der Waals surface area (Å²) < 4.78 is 12.8. The van der Waals surface area contributed by atoms with Gasteiger partial charge in [-0.1, -0.05) is 18.6 Å². The van der Waals surface area contributed by atoms with Crippen LogP contribution in [-0.2, 0) is 6.42 Å². The van der Waals surface area contributed by atoms with E-state index in [-0.39, 0.29) is 11.8 Å². The normalized spacial score (nSPS) is 15.0. The predicted octanol–water partition coefficient (Wildman–Crippen LogP) is 2.15. The first kappa shape index (κ1) is 15.8. The fraction of sp³-hybridized carbons (Fsp3) is 0.562. The van der Waals surface area contributed by atoms with E-state index in [1.165, 1.54) is 17.7 Å². The number of piperazine rings is 1. The lowest BCUT2D eigenvalue weighted by molar-refractivity contribution is 0.190. The minimum Gasteiger partial charge on any atom is -0.338 e. The maximum absolute atomic E-state index is 12.8. The molecule has 4 nitrogen and oxygen atoms in total. The van der Waals surface area contributed by atoms with Crippen molar-refractivity contribution >= 4 is 6.03 Å². The third-order valence-electron chi connectivity index (χ3n) is 3.74. The molecule has 0 radical (unpaired) electrons. The number of hydrogen-bond acceptors (Lipinski definition) is 2. The molecular formula is C16H24FN3O. The van der Waals surface area contributed by atoms with Crippen LogP contribution in [0.1, 0.15) is 24.8 Å². The Hall–Kier alpha value is -1.62. The Morgan fingerprint density at radius 1 is 1.14 bits per heavy atom. The van der Waals surface area contributed by atoms with Crippen LogP contribution in [0.25, 0.3) is 0 Å². The molecule has 116 valence electrons. The van der Waals surface area contributed by atoms with E-state index in [1.54, 1.807) is 0 Å². The van der Waals surface area contributed by atoms with Gasteiger partial charge in [0, 0.05) is 32.7 Å². The Morgan fingerprint density at radius 2 is 1.86 bits per heavy atom. The average molecular weight is 293 g/mol. The number of unbranched alkanes of at least 4 members (excludes halogenated alkanes) is 2. The first-order chi connectivity index (χ1) is 10.3. The van der Waals surface area contributed by atoms with Crippen molar-refractivity contribution in [1.82, 2.24) is 15.5 Å². The van der Waals surface area contributed by atoms with Gasteiger partial charge < -0.3 is 15.5 Å². The summed E-state index contributed by atoms with van der Waals surface area (Å²) >= 11 is 0. The lowest BCUT2D eigenvalue weighted by Crippen LogP contribution is -2.50. The molecule has 0 unspecified atom stereocenters. The maximum atomic E-state index is 12.8. The maximum Gasteiger partial charge on any atom is 0.317 e. The lowest BCUT2D eigenvalue weighted by atomic mass is 10.1. The summed E-state index contributed by atoms with van der Waals surface area (Å²) in [5, 5.41) is 6.20. The second kappa shape index (κ2) is 8.62. The summed E-state index contributed by atoms with van der Waals surface area (Å²) in [6, 6.07) is 6.73. The molecule has 21 heavy (non-hydrogen) atoms. The standard InChI is InChI=1S/C16H24FN3O/c17-15-7-5-14(6-8-15)4-2-1-3-9-19-16(21)20-12-10-18-11-13-20/h5-8,18H,1-4,9-13H2,(H,19,21). The smallest absolute Gasteiger partial charge is 0.317 e. The Kier molecular flexibility index (Phi) is 6.47. The fourth-order valence-electron chi connectivity index (χ4n) is 2.46. The minimum absolute atomic E-state index is 0.0510. The van der Waals surface area contributed by atoms with Crippen LogP contribution < -0.4 is 10.6 Å². The van der Waals surface area contributed by atoms with Gasteiger partial charge in [0.2, 0.25) is 0 Å². The summed E-state index contributed by atoms with van der Waals surface area (Å²) in [6.07, 6.45) is 4.08. The number of carbonyl (C=O) groups is 1. The van der Waals surface area contributed by atoms with Crippen LogP contribution in [0.4, 0.5) is 9.18 Å². The number of nitrogens with one attached hydrogen (secondary N) is 2. The largest absolute Gasteiger partial charge is 0.338 e. The Labute approximate surface area is 125 Å². The lowest BCUT2D eigenvalue weighted by Gasteiger charge is -2.27. The number of benzene rings is 1. The molecule has 0 aliphatic carbocycles. The van der Waals surface area contributed by atoms with E-state index < -0.39 is 0 Å². The number of hydrogen-bond donors (Lipinski definition) is 2. The van der Waals surface area contributed by atoms with Gasteiger partial charge in [-0.05, 0) is 37.0 Å². The zero-order chi connectivity index (χ0) is 14.9. The number of nitrogens with zero attached hydrogens (tertiary/aromatic N) is 1. The van der Waals surface area contributed by atoms with Gasteiger partial charge in [-0.25, -0.2) is 9.18 Å². The third kappa shape index (κ3) is 5.71. The second-order valence-corrected chi connectivity index (χ2v) is 5.41. The van der Waals surface area contributed by atoms with Gasteiger partial charge >= 0.3 is 6.03 Å². The molecule has 0 spiro atoms. The molecule has 2 rings (SSSR count). The summed E-state index contributed by atoms with van der Waals surface area (Å²) in [5.41, 5.74) is 1.17. The van der Waals surface area contributed by atoms with E-state index in [1.807, 2.05) is 17.0 Å². The van der Waals surface area contributed by atoms with Gasteiger partial charge in [0.25, 0.3) is 0 Å². The number of rotatable bonds is 6. The topological polar surface area (TPSA) is 44.4 Å². The van der Waals surface area contributed by atoms with Crippen molar-refractivity contribution in [1.29, 1.82) is 0 Å². The molecule has 1 aliphatic heterocycles. The minimum atomic E-state index is -0.186. The van der Waals surface area contributed by atoms with E-state index in [4.69, 9.17) is 0 Å². The van der Waals surface area contributed by atoms with Gasteiger partial charge in [-0.3, -0.25) is 0 Å². The predicted molar refractivity (Wildman–Crippen MR) is 81.8 cm³/mol. The molecule has 1 aliphatic rings. The molecule has 5 heteroatoms. The summed E-state index contributed by atoms with van der Waals surface area (Å²) in [7, 11) is 0. The molecule has 0 saturated carbocycles. The first-order valence-corrected chi connectivity index (χ1v) is 7.73. The molecule has 1 aromatic carbocycles. The van der Waals surface area contributed by atoms with Gasteiger partial charge in [0.05, 0.1) is 0 Å². The Bertz CT molecular complexity index is 430. The highest BCUT2D eigenvalue weighted by Crippen LogP contribution is 2.07. The van der Waals surface area contributed by atoms with Crippen LogP contribution in [0.15, 0.2) is 24.3 Å². The highest BCUT2D eigenvalue weighted by Gasteiger charge is 2.14. The molecule has 0 bridgehead atoms. The average Bonchev–Trinajstić information content (AvgIpc) is 2.53.